The largest absolute Gasteiger partial charge is 0.489 e. The van der Waals surface area contributed by atoms with Gasteiger partial charge in [0.2, 0.25) is 0 Å². The molecule has 0 aliphatic heterocycles. The van der Waals surface area contributed by atoms with Gasteiger partial charge in [0.05, 0.1) is 0 Å². The van der Waals surface area contributed by atoms with Crippen LogP contribution in [0.3, 0.4) is 0 Å². The highest BCUT2D eigenvalue weighted by atomic mass is 19.1. The number of nitrogen functional groups attached to an aromatic ring is 1. The van der Waals surface area contributed by atoms with Gasteiger partial charge in [0.1, 0.15) is 35.1 Å². The van der Waals surface area contributed by atoms with Crippen LogP contribution < -0.4 is 16.0 Å². The summed E-state index contributed by atoms with van der Waals surface area (Å²) in [5.74, 6) is -3.61. The van der Waals surface area contributed by atoms with Crippen molar-refractivity contribution in [3.8, 4) is 16.9 Å². The topological polar surface area (TPSA) is 143 Å². The minimum absolute atomic E-state index is 0.0961. The highest BCUT2D eigenvalue weighted by molar-refractivity contribution is 6.07. The van der Waals surface area contributed by atoms with Gasteiger partial charge in [-0.1, -0.05) is 30.3 Å². The Bertz CT molecular complexity index is 1150. The van der Waals surface area contributed by atoms with Crippen molar-refractivity contribution in [2.75, 3.05) is 5.73 Å². The maximum atomic E-state index is 13.2. The second kappa shape index (κ2) is 7.85. The van der Waals surface area contributed by atoms with Crippen molar-refractivity contribution in [3.05, 3.63) is 81.4 Å². The Balaban J connectivity index is 1.98. The van der Waals surface area contributed by atoms with Crippen molar-refractivity contribution in [1.29, 1.82) is 0 Å². The Morgan fingerprint density at radius 1 is 1.03 bits per heavy atom. The smallest absolute Gasteiger partial charge is 0.342 e. The Labute approximate surface area is 163 Å². The zero-order chi connectivity index (χ0) is 21.1. The molecule has 8 nitrogen and oxygen atoms in total. The summed E-state index contributed by atoms with van der Waals surface area (Å²) in [4.78, 5) is 37.3. The third-order valence-corrected chi connectivity index (χ3v) is 4.12. The molecule has 0 saturated heterocycles. The first-order valence-electron chi connectivity index (χ1n) is 8.28. The number of H-pyrrole nitrogens is 1. The molecule has 0 amide bonds. The quantitative estimate of drug-likeness (QED) is 0.500. The van der Waals surface area contributed by atoms with Crippen LogP contribution in [0.1, 0.15) is 26.3 Å². The molecule has 5 N–H and O–H groups in total. The minimum Gasteiger partial charge on any atom is -0.489 e. The maximum absolute atomic E-state index is 13.2. The van der Waals surface area contributed by atoms with Crippen LogP contribution in [0, 0.1) is 5.82 Å². The van der Waals surface area contributed by atoms with Crippen molar-refractivity contribution in [2.45, 2.75) is 6.61 Å². The number of halogens is 1. The highest BCUT2D eigenvalue weighted by Crippen LogP contribution is 2.29. The molecule has 148 valence electrons. The SMILES string of the molecule is Nc1[nH]c(=O)c(C(=O)O)c(-c2ccc(COc3cccc(F)c3)cc2)c1C(=O)O. The number of nitrogens with two attached hydrogens (primary N) is 1. The first-order chi connectivity index (χ1) is 13.8. The van der Waals surface area contributed by atoms with Gasteiger partial charge in [-0.05, 0) is 23.3 Å². The third kappa shape index (κ3) is 4.08. The summed E-state index contributed by atoms with van der Waals surface area (Å²) in [6, 6.07) is 11.7. The van der Waals surface area contributed by atoms with E-state index in [0.29, 0.717) is 11.3 Å². The van der Waals surface area contributed by atoms with Gasteiger partial charge in [-0.2, -0.15) is 0 Å². The van der Waals surface area contributed by atoms with E-state index >= 15 is 0 Å². The molecule has 3 aromatic rings. The lowest BCUT2D eigenvalue weighted by molar-refractivity contribution is 0.0695. The van der Waals surface area contributed by atoms with Crippen LogP contribution in [-0.4, -0.2) is 27.1 Å². The lowest BCUT2D eigenvalue weighted by Crippen LogP contribution is -2.24. The minimum atomic E-state index is -1.58. The van der Waals surface area contributed by atoms with Crippen LogP contribution >= 0.6 is 0 Å². The first-order valence-corrected chi connectivity index (χ1v) is 8.28. The van der Waals surface area contributed by atoms with Crippen molar-refractivity contribution >= 4 is 17.8 Å². The normalized spacial score (nSPS) is 10.5. The molecule has 0 unspecified atom stereocenters. The molecule has 0 fully saturated rings. The summed E-state index contributed by atoms with van der Waals surface area (Å²) < 4.78 is 18.7. The van der Waals surface area contributed by atoms with Crippen LogP contribution in [0.5, 0.6) is 5.75 Å². The number of benzene rings is 2. The van der Waals surface area contributed by atoms with Crippen molar-refractivity contribution < 1.29 is 28.9 Å². The summed E-state index contributed by atoms with van der Waals surface area (Å²) in [5, 5.41) is 18.8. The van der Waals surface area contributed by atoms with E-state index in [0.717, 1.165) is 0 Å². The van der Waals surface area contributed by atoms with Crippen LogP contribution in [0.4, 0.5) is 10.2 Å². The number of hydrogen-bond donors (Lipinski definition) is 4. The second-order valence-electron chi connectivity index (χ2n) is 6.05. The Hall–Kier alpha value is -4.14. The van der Waals surface area contributed by atoms with Crippen molar-refractivity contribution in [3.63, 3.8) is 0 Å². The van der Waals surface area contributed by atoms with Gasteiger partial charge in [-0.25, -0.2) is 14.0 Å². The fraction of sp³-hybridized carbons (Fsp3) is 0.0500. The first kappa shape index (κ1) is 19.6. The molecule has 0 atom stereocenters. The average molecular weight is 398 g/mol. The fourth-order valence-corrected chi connectivity index (χ4v) is 2.83. The number of aromatic nitrogens is 1. The number of carboxylic acid groups (broad SMARTS) is 2. The predicted octanol–water partition coefficient (Wildman–Crippen LogP) is 2.74. The number of carboxylic acids is 2. The number of pyridine rings is 1. The molecule has 0 aliphatic rings. The zero-order valence-electron chi connectivity index (χ0n) is 14.8. The molecule has 1 aromatic heterocycles. The van der Waals surface area contributed by atoms with Crippen LogP contribution in [0.15, 0.2) is 53.3 Å². The summed E-state index contributed by atoms with van der Waals surface area (Å²) in [6.45, 7) is 0.0961. The van der Waals surface area contributed by atoms with E-state index in [-0.39, 0.29) is 17.7 Å². The molecule has 2 aromatic carbocycles. The third-order valence-electron chi connectivity index (χ3n) is 4.12. The molecule has 0 aliphatic carbocycles. The van der Waals surface area contributed by atoms with Gasteiger partial charge in [-0.3, -0.25) is 4.79 Å². The summed E-state index contributed by atoms with van der Waals surface area (Å²) in [7, 11) is 0. The molecule has 29 heavy (non-hydrogen) atoms. The van der Waals surface area contributed by atoms with Crippen LogP contribution in [0.25, 0.3) is 11.1 Å². The van der Waals surface area contributed by atoms with Crippen molar-refractivity contribution in [1.82, 2.24) is 4.98 Å². The number of aromatic amines is 1. The standard InChI is InChI=1S/C20H15FN2O6/c21-12-2-1-3-13(8-12)29-9-10-4-6-11(7-5-10)14-15(19(25)26)17(22)23-18(24)16(14)20(27)28/h1-8H,9H2,(H,25,26)(H,27,28)(H3,22,23,24). The Kier molecular flexibility index (Phi) is 5.31. The van der Waals surface area contributed by atoms with Gasteiger partial charge in [-0.15, -0.1) is 0 Å². The summed E-state index contributed by atoms with van der Waals surface area (Å²) in [5.41, 5.74) is 3.92. The molecule has 0 saturated carbocycles. The number of carbonyl (C=O) groups is 2. The lowest BCUT2D eigenvalue weighted by atomic mass is 9.95. The van der Waals surface area contributed by atoms with E-state index in [1.54, 1.807) is 18.2 Å². The number of rotatable bonds is 6. The Morgan fingerprint density at radius 3 is 2.28 bits per heavy atom. The zero-order valence-corrected chi connectivity index (χ0v) is 14.8. The van der Waals surface area contributed by atoms with Gasteiger partial charge in [0.25, 0.3) is 5.56 Å². The molecule has 1 heterocycles. The molecule has 0 bridgehead atoms. The van der Waals surface area contributed by atoms with Gasteiger partial charge >= 0.3 is 11.9 Å². The lowest BCUT2D eigenvalue weighted by Gasteiger charge is -2.13. The van der Waals surface area contributed by atoms with E-state index in [2.05, 4.69) is 0 Å². The number of nitrogens with one attached hydrogen (secondary N) is 1. The average Bonchev–Trinajstić information content (AvgIpc) is 2.65. The maximum Gasteiger partial charge on any atom is 0.342 e. The summed E-state index contributed by atoms with van der Waals surface area (Å²) in [6.07, 6.45) is 0. The van der Waals surface area contributed by atoms with E-state index in [9.17, 15) is 29.0 Å². The van der Waals surface area contributed by atoms with E-state index < -0.39 is 40.3 Å². The van der Waals surface area contributed by atoms with Crippen LogP contribution in [0.2, 0.25) is 0 Å². The van der Waals surface area contributed by atoms with E-state index in [1.807, 2.05) is 4.98 Å². The van der Waals surface area contributed by atoms with E-state index in [4.69, 9.17) is 10.5 Å². The van der Waals surface area contributed by atoms with Gasteiger partial charge in [0.15, 0.2) is 0 Å². The predicted molar refractivity (Wildman–Crippen MR) is 102 cm³/mol. The van der Waals surface area contributed by atoms with Gasteiger partial charge < -0.3 is 25.7 Å². The van der Waals surface area contributed by atoms with Crippen LogP contribution in [-0.2, 0) is 6.61 Å². The number of ether oxygens (including phenoxy) is 1. The van der Waals surface area contributed by atoms with Gasteiger partial charge in [0, 0.05) is 11.6 Å². The number of anilines is 1. The molecule has 3 rings (SSSR count). The molecular formula is C20H15FN2O6. The molecule has 0 spiro atoms. The highest BCUT2D eigenvalue weighted by Gasteiger charge is 2.26. The Morgan fingerprint density at radius 2 is 1.69 bits per heavy atom. The second-order valence-corrected chi connectivity index (χ2v) is 6.05. The molecule has 9 heteroatoms. The van der Waals surface area contributed by atoms with Crippen molar-refractivity contribution in [2.24, 2.45) is 0 Å². The number of aromatic carboxylic acids is 2. The monoisotopic (exact) mass is 398 g/mol. The molecule has 0 radical (unpaired) electrons. The van der Waals surface area contributed by atoms with E-state index in [1.165, 1.54) is 30.3 Å². The fourth-order valence-electron chi connectivity index (χ4n) is 2.83. The molecular weight excluding hydrogens is 383 g/mol. The summed E-state index contributed by atoms with van der Waals surface area (Å²) >= 11 is 0. The number of hydrogen-bond acceptors (Lipinski definition) is 5.